The molecule has 0 N–H and O–H groups in total. The van der Waals surface area contributed by atoms with Crippen molar-refractivity contribution in [1.29, 1.82) is 0 Å². The van der Waals surface area contributed by atoms with Gasteiger partial charge < -0.3 is 9.47 Å². The van der Waals surface area contributed by atoms with Crippen molar-refractivity contribution in [3.05, 3.63) is 0 Å². The van der Waals surface area contributed by atoms with Gasteiger partial charge in [0, 0.05) is 14.2 Å². The Labute approximate surface area is 40.9 Å². The lowest BCUT2D eigenvalue weighted by atomic mass is 11.3. The first-order chi connectivity index (χ1) is 2.81. The highest BCUT2D eigenvalue weighted by Crippen LogP contribution is 1.77. The normalized spacial score (nSPS) is 10.0. The van der Waals surface area contributed by atoms with Crippen molar-refractivity contribution in [1.82, 2.24) is 0 Å². The van der Waals surface area contributed by atoms with Crippen LogP contribution in [0.15, 0.2) is 0 Å². The second kappa shape index (κ2) is 3.33. The summed E-state index contributed by atoms with van der Waals surface area (Å²) in [5, 5.41) is 0. The van der Waals surface area contributed by atoms with Crippen LogP contribution in [0.2, 0.25) is 0 Å². The number of hydrogen-bond donors (Lipinski definition) is 0. The van der Waals surface area contributed by atoms with Crippen LogP contribution in [0.3, 0.4) is 0 Å². The van der Waals surface area contributed by atoms with Gasteiger partial charge in [0.1, 0.15) is 16.2 Å². The standard InChI is InChI=1S/C3H7O2Si/c1-4-3(6)5-2/h3H,1-2H3. The van der Waals surface area contributed by atoms with E-state index in [4.69, 9.17) is 0 Å². The quantitative estimate of drug-likeness (QED) is 0.354. The first-order valence-electron chi connectivity index (χ1n) is 1.58. The van der Waals surface area contributed by atoms with Crippen LogP contribution in [-0.2, 0) is 9.47 Å². The third kappa shape index (κ3) is 2.38. The molecule has 0 amide bonds. The molecule has 0 aromatic rings. The van der Waals surface area contributed by atoms with E-state index in [1.54, 1.807) is 14.2 Å². The molecule has 0 aliphatic heterocycles. The average Bonchev–Trinajstić information content (AvgIpc) is 1.65. The minimum Gasteiger partial charge on any atom is -0.361 e. The molecule has 0 heterocycles. The topological polar surface area (TPSA) is 18.5 Å². The van der Waals surface area contributed by atoms with Crippen molar-refractivity contribution in [3.63, 3.8) is 0 Å². The van der Waals surface area contributed by atoms with Crippen LogP contribution in [-0.4, -0.2) is 30.4 Å². The van der Waals surface area contributed by atoms with Gasteiger partial charge in [0.15, 0.2) is 0 Å². The van der Waals surface area contributed by atoms with E-state index in [9.17, 15) is 0 Å². The molecule has 0 saturated carbocycles. The van der Waals surface area contributed by atoms with Gasteiger partial charge in [-0.1, -0.05) is 0 Å². The number of rotatable bonds is 2. The molecule has 0 aromatic heterocycles. The first-order valence-corrected chi connectivity index (χ1v) is 2.15. The molecule has 0 aliphatic rings. The zero-order valence-corrected chi connectivity index (χ0v) is 4.89. The van der Waals surface area contributed by atoms with E-state index in [0.29, 0.717) is 0 Å². The molecule has 0 aromatic carbocycles. The maximum absolute atomic E-state index is 4.59. The SMILES string of the molecule is COC([Si])OC. The highest BCUT2D eigenvalue weighted by atomic mass is 28.1. The fourth-order valence-corrected chi connectivity index (χ4v) is 0.0962. The van der Waals surface area contributed by atoms with Crippen LogP contribution in [0.5, 0.6) is 0 Å². The van der Waals surface area contributed by atoms with E-state index in [0.717, 1.165) is 0 Å². The molecule has 0 unspecified atom stereocenters. The smallest absolute Gasteiger partial charge is 0.133 e. The van der Waals surface area contributed by atoms with Crippen molar-refractivity contribution in [2.75, 3.05) is 14.2 Å². The molecule has 0 atom stereocenters. The van der Waals surface area contributed by atoms with Crippen molar-refractivity contribution < 1.29 is 9.47 Å². The fraction of sp³-hybridized carbons (Fsp3) is 1.00. The Morgan fingerprint density at radius 1 is 1.33 bits per heavy atom. The van der Waals surface area contributed by atoms with Gasteiger partial charge in [-0.05, 0) is 0 Å². The summed E-state index contributed by atoms with van der Waals surface area (Å²) in [7, 11) is 6.19. The molecule has 0 aliphatic carbocycles. The van der Waals surface area contributed by atoms with Crippen molar-refractivity contribution >= 4 is 10.2 Å². The Morgan fingerprint density at radius 3 is 1.67 bits per heavy atom. The van der Waals surface area contributed by atoms with E-state index in [1.807, 2.05) is 0 Å². The largest absolute Gasteiger partial charge is 0.361 e. The second-order valence-corrected chi connectivity index (χ2v) is 1.27. The lowest BCUT2D eigenvalue weighted by molar-refractivity contribution is -0.0411. The summed E-state index contributed by atoms with van der Waals surface area (Å²) in [5.74, 6) is -0.259. The summed E-state index contributed by atoms with van der Waals surface area (Å²) in [4.78, 5) is 0. The summed E-state index contributed by atoms with van der Waals surface area (Å²) in [6.45, 7) is 0. The van der Waals surface area contributed by atoms with Gasteiger partial charge in [-0.25, -0.2) is 0 Å². The van der Waals surface area contributed by atoms with Gasteiger partial charge in [-0.3, -0.25) is 0 Å². The van der Waals surface area contributed by atoms with E-state index >= 15 is 0 Å². The van der Waals surface area contributed by atoms with E-state index in [-0.39, 0.29) is 5.91 Å². The third-order valence-corrected chi connectivity index (χ3v) is 0.900. The minimum atomic E-state index is -0.259. The maximum Gasteiger partial charge on any atom is 0.133 e. The fourth-order valence-electron chi connectivity index (χ4n) is 0.0962. The molecule has 0 fully saturated rings. The van der Waals surface area contributed by atoms with E-state index in [1.165, 1.54) is 0 Å². The van der Waals surface area contributed by atoms with Crippen LogP contribution in [0.4, 0.5) is 0 Å². The molecule has 3 heteroatoms. The van der Waals surface area contributed by atoms with E-state index < -0.39 is 0 Å². The molecule has 2 nitrogen and oxygen atoms in total. The summed E-state index contributed by atoms with van der Waals surface area (Å²) >= 11 is 0. The second-order valence-electron chi connectivity index (χ2n) is 0.803. The zero-order valence-electron chi connectivity index (χ0n) is 3.89. The number of methoxy groups -OCH3 is 2. The van der Waals surface area contributed by atoms with Gasteiger partial charge in [0.25, 0.3) is 0 Å². The molecule has 6 heavy (non-hydrogen) atoms. The lowest BCUT2D eigenvalue weighted by Gasteiger charge is -2.03. The lowest BCUT2D eigenvalue weighted by Crippen LogP contribution is -2.11. The van der Waals surface area contributed by atoms with Gasteiger partial charge in [-0.2, -0.15) is 0 Å². The Balaban J connectivity index is 2.75. The molecule has 35 valence electrons. The molecule has 0 saturated heterocycles. The Hall–Kier alpha value is 0.137. The van der Waals surface area contributed by atoms with Crippen LogP contribution < -0.4 is 0 Å². The highest BCUT2D eigenvalue weighted by Gasteiger charge is 1.88. The third-order valence-electron chi connectivity index (χ3n) is 0.428. The van der Waals surface area contributed by atoms with Crippen LogP contribution in [0, 0.1) is 0 Å². The minimum absolute atomic E-state index is 0.259. The summed E-state index contributed by atoms with van der Waals surface area (Å²) in [6.07, 6.45) is 0. The molecule has 0 bridgehead atoms. The highest BCUT2D eigenvalue weighted by molar-refractivity contribution is 6.09. The first kappa shape index (κ1) is 6.14. The number of hydrogen-bond acceptors (Lipinski definition) is 2. The van der Waals surface area contributed by atoms with Crippen LogP contribution >= 0.6 is 0 Å². The molecule has 3 radical (unpaired) electrons. The summed E-state index contributed by atoms with van der Waals surface area (Å²) in [6, 6.07) is 0. The van der Waals surface area contributed by atoms with Crippen molar-refractivity contribution in [3.8, 4) is 0 Å². The van der Waals surface area contributed by atoms with Gasteiger partial charge in [-0.15, -0.1) is 0 Å². The maximum atomic E-state index is 4.59. The monoisotopic (exact) mass is 103 g/mol. The summed E-state index contributed by atoms with van der Waals surface area (Å²) < 4.78 is 9.18. The predicted octanol–water partition coefficient (Wildman–Crippen LogP) is -0.269. The van der Waals surface area contributed by atoms with Crippen LogP contribution in [0.1, 0.15) is 0 Å². The van der Waals surface area contributed by atoms with Crippen LogP contribution in [0.25, 0.3) is 0 Å². The molecular formula is C3H7O2Si. The molecule has 0 rings (SSSR count). The predicted molar refractivity (Wildman–Crippen MR) is 23.6 cm³/mol. The Bertz CT molecular complexity index is 28.0. The van der Waals surface area contributed by atoms with Gasteiger partial charge in [0.2, 0.25) is 0 Å². The Kier molecular flexibility index (Phi) is 3.41. The zero-order chi connectivity index (χ0) is 4.99. The van der Waals surface area contributed by atoms with Crippen molar-refractivity contribution in [2.24, 2.45) is 0 Å². The average molecular weight is 103 g/mol. The Morgan fingerprint density at radius 2 is 1.67 bits per heavy atom. The van der Waals surface area contributed by atoms with Crippen molar-refractivity contribution in [2.45, 2.75) is 5.91 Å². The molecule has 0 spiro atoms. The van der Waals surface area contributed by atoms with Gasteiger partial charge in [0.05, 0.1) is 0 Å². The molecular weight excluding hydrogens is 96.1 g/mol. The summed E-state index contributed by atoms with van der Waals surface area (Å²) in [5.41, 5.74) is 0. The number of ether oxygens (including phenoxy) is 2. The van der Waals surface area contributed by atoms with E-state index in [2.05, 4.69) is 19.7 Å². The van der Waals surface area contributed by atoms with Gasteiger partial charge >= 0.3 is 0 Å².